The molecule has 0 aromatic carbocycles. The van der Waals surface area contributed by atoms with E-state index in [0.29, 0.717) is 13.1 Å². The number of ether oxygens (including phenoxy) is 1. The van der Waals surface area contributed by atoms with Crippen molar-refractivity contribution in [3.05, 3.63) is 0 Å². The summed E-state index contributed by atoms with van der Waals surface area (Å²) in [6.07, 6.45) is 1.12. The van der Waals surface area contributed by atoms with E-state index in [9.17, 15) is 4.79 Å². The molecule has 0 aliphatic carbocycles. The number of methoxy groups -OCH3 is 1. The van der Waals surface area contributed by atoms with Gasteiger partial charge in [-0.25, -0.2) is 4.79 Å². The van der Waals surface area contributed by atoms with Crippen molar-refractivity contribution >= 4 is 6.09 Å². The van der Waals surface area contributed by atoms with E-state index < -0.39 is 13.1 Å². The molecular weight excluding hydrogens is 118 g/mol. The van der Waals surface area contributed by atoms with E-state index in [-0.39, 0.29) is 0 Å². The van der Waals surface area contributed by atoms with Crippen LogP contribution in [0.3, 0.4) is 0 Å². The summed E-state index contributed by atoms with van der Waals surface area (Å²) in [5.41, 5.74) is 0. The van der Waals surface area contributed by atoms with Crippen molar-refractivity contribution in [1.29, 1.82) is 0 Å². The predicted molar refractivity (Wildman–Crippen MR) is 33.2 cm³/mol. The molecule has 1 fully saturated rings. The van der Waals surface area contributed by atoms with Gasteiger partial charge in [0.1, 0.15) is 0 Å². The van der Waals surface area contributed by atoms with Gasteiger partial charge in [0.05, 0.1) is 11.2 Å². The second-order valence-corrected chi connectivity index (χ2v) is 2.06. The van der Waals surface area contributed by atoms with E-state index in [1.54, 1.807) is 0 Å². The van der Waals surface area contributed by atoms with Crippen LogP contribution in [0.4, 0.5) is 4.79 Å². The molecule has 1 aliphatic heterocycles. The van der Waals surface area contributed by atoms with Crippen LogP contribution >= 0.6 is 0 Å². The highest BCUT2D eigenvalue weighted by atomic mass is 16.5. The summed E-state index contributed by atoms with van der Waals surface area (Å²) in [4.78, 5) is 12.4. The highest BCUT2D eigenvalue weighted by molar-refractivity contribution is 5.67. The highest BCUT2D eigenvalue weighted by Crippen LogP contribution is 2.07. The first kappa shape index (κ1) is 3.44. The van der Waals surface area contributed by atoms with Crippen LogP contribution in [0.5, 0.6) is 0 Å². The summed E-state index contributed by atoms with van der Waals surface area (Å²) < 4.78 is 24.3. The quantitative estimate of drug-likeness (QED) is 0.489. The molecule has 0 atom stereocenters. The molecule has 0 bridgehead atoms. The molecule has 0 aromatic rings. The SMILES string of the molecule is [2H]C([2H])([2H])OC(=O)N1CCCC1. The van der Waals surface area contributed by atoms with E-state index in [1.165, 1.54) is 4.90 Å². The number of hydrogen-bond acceptors (Lipinski definition) is 2. The van der Waals surface area contributed by atoms with Gasteiger partial charge in [-0.2, -0.15) is 0 Å². The normalized spacial score (nSPS) is 24.4. The summed E-state index contributed by atoms with van der Waals surface area (Å²) in [6, 6.07) is 0. The van der Waals surface area contributed by atoms with Crippen LogP contribution < -0.4 is 0 Å². The molecule has 0 spiro atoms. The first-order chi connectivity index (χ1) is 5.49. The molecule has 0 N–H and O–H groups in total. The molecule has 3 heteroatoms. The lowest BCUT2D eigenvalue weighted by atomic mass is 10.4. The van der Waals surface area contributed by atoms with Crippen LogP contribution in [0.15, 0.2) is 0 Å². The van der Waals surface area contributed by atoms with Crippen molar-refractivity contribution in [1.82, 2.24) is 4.90 Å². The average Bonchev–Trinajstić information content (AvgIpc) is 2.32. The van der Waals surface area contributed by atoms with E-state index in [0.717, 1.165) is 12.8 Å². The van der Waals surface area contributed by atoms with Gasteiger partial charge >= 0.3 is 6.09 Å². The maximum Gasteiger partial charge on any atom is 0.409 e. The van der Waals surface area contributed by atoms with Crippen LogP contribution in [-0.2, 0) is 4.74 Å². The minimum absolute atomic E-state index is 0.606. The van der Waals surface area contributed by atoms with Crippen LogP contribution in [-0.4, -0.2) is 31.1 Å². The Morgan fingerprint density at radius 1 is 1.67 bits per heavy atom. The van der Waals surface area contributed by atoms with Crippen molar-refractivity contribution in [3.8, 4) is 0 Å². The molecule has 0 aromatic heterocycles. The Hall–Kier alpha value is -0.730. The highest BCUT2D eigenvalue weighted by Gasteiger charge is 2.17. The van der Waals surface area contributed by atoms with Crippen LogP contribution in [0.2, 0.25) is 0 Å². The molecule has 1 heterocycles. The van der Waals surface area contributed by atoms with Gasteiger partial charge in [-0.3, -0.25) is 0 Å². The number of carbonyl (C=O) groups is 1. The van der Waals surface area contributed by atoms with Gasteiger partial charge in [-0.15, -0.1) is 0 Å². The Morgan fingerprint density at radius 2 is 2.33 bits per heavy atom. The number of likely N-dealkylation sites (tertiary alicyclic amines) is 1. The third-order valence-corrected chi connectivity index (χ3v) is 1.45. The van der Waals surface area contributed by atoms with E-state index in [1.807, 2.05) is 0 Å². The fourth-order valence-electron chi connectivity index (χ4n) is 0.964. The van der Waals surface area contributed by atoms with Crippen LogP contribution in [0.1, 0.15) is 17.0 Å². The summed E-state index contributed by atoms with van der Waals surface area (Å²) in [5.74, 6) is 0. The number of amides is 1. The Balaban J connectivity index is 2.37. The smallest absolute Gasteiger partial charge is 0.409 e. The number of carbonyl (C=O) groups excluding carboxylic acids is 1. The number of nitrogens with zero attached hydrogens (tertiary/aromatic N) is 1. The van der Waals surface area contributed by atoms with Gasteiger partial charge in [-0.05, 0) is 12.8 Å². The van der Waals surface area contributed by atoms with Crippen molar-refractivity contribution < 1.29 is 13.6 Å². The molecule has 52 valence electrons. The molecule has 0 radical (unpaired) electrons. The third-order valence-electron chi connectivity index (χ3n) is 1.45. The van der Waals surface area contributed by atoms with Gasteiger partial charge in [-0.1, -0.05) is 0 Å². The van der Waals surface area contributed by atoms with Gasteiger partial charge in [0.25, 0.3) is 0 Å². The van der Waals surface area contributed by atoms with E-state index >= 15 is 0 Å². The molecule has 0 unspecified atom stereocenters. The maximum atomic E-state index is 11.0. The molecule has 9 heavy (non-hydrogen) atoms. The Kier molecular flexibility index (Phi) is 1.04. The van der Waals surface area contributed by atoms with Gasteiger partial charge < -0.3 is 9.64 Å². The minimum atomic E-state index is -2.61. The predicted octanol–water partition coefficient (Wildman–Crippen LogP) is 0.849. The maximum absolute atomic E-state index is 11.0. The second kappa shape index (κ2) is 2.71. The molecule has 3 nitrogen and oxygen atoms in total. The molecular formula is C6H11NO2. The van der Waals surface area contributed by atoms with Crippen molar-refractivity contribution in [2.24, 2.45) is 0 Å². The van der Waals surface area contributed by atoms with Crippen molar-refractivity contribution in [2.45, 2.75) is 12.8 Å². The van der Waals surface area contributed by atoms with Crippen molar-refractivity contribution in [2.75, 3.05) is 20.1 Å². The van der Waals surface area contributed by atoms with Crippen LogP contribution in [0.25, 0.3) is 0 Å². The number of hydrogen-bond donors (Lipinski definition) is 0. The van der Waals surface area contributed by atoms with Gasteiger partial charge in [0, 0.05) is 13.1 Å². The number of rotatable bonds is 0. The Bertz CT molecular complexity index is 174. The lowest BCUT2D eigenvalue weighted by molar-refractivity contribution is 0.133. The molecule has 0 saturated carbocycles. The summed E-state index contributed by atoms with van der Waals surface area (Å²) in [5, 5.41) is 0. The minimum Gasteiger partial charge on any atom is -0.453 e. The zero-order valence-corrected chi connectivity index (χ0v) is 5.09. The van der Waals surface area contributed by atoms with Crippen molar-refractivity contribution in [3.63, 3.8) is 0 Å². The zero-order valence-electron chi connectivity index (χ0n) is 8.09. The largest absolute Gasteiger partial charge is 0.453 e. The fraction of sp³-hybridized carbons (Fsp3) is 0.833. The van der Waals surface area contributed by atoms with E-state index in [4.69, 9.17) is 4.11 Å². The first-order valence-corrected chi connectivity index (χ1v) is 2.97. The summed E-state index contributed by atoms with van der Waals surface area (Å²) >= 11 is 0. The summed E-state index contributed by atoms with van der Waals surface area (Å²) in [6.45, 7) is 1.21. The average molecular weight is 132 g/mol. The van der Waals surface area contributed by atoms with E-state index in [2.05, 4.69) is 4.74 Å². The standard InChI is InChI=1S/C6H11NO2/c1-9-6(8)7-4-2-3-5-7/h2-5H2,1H3/i1D3. The first-order valence-electron chi connectivity index (χ1n) is 4.47. The zero-order chi connectivity index (χ0) is 9.19. The second-order valence-electron chi connectivity index (χ2n) is 2.06. The summed E-state index contributed by atoms with van der Waals surface area (Å²) in [7, 11) is -2.61. The lowest BCUT2D eigenvalue weighted by Gasteiger charge is -2.11. The molecule has 1 amide bonds. The monoisotopic (exact) mass is 132 g/mol. The topological polar surface area (TPSA) is 29.5 Å². The fourth-order valence-corrected chi connectivity index (χ4v) is 0.964. The lowest BCUT2D eigenvalue weighted by Crippen LogP contribution is -2.27. The Labute approximate surface area is 58.8 Å². The van der Waals surface area contributed by atoms with Gasteiger partial charge in [0.2, 0.25) is 0 Å². The Morgan fingerprint density at radius 3 is 2.89 bits per heavy atom. The molecule has 1 saturated heterocycles. The molecule has 1 aliphatic rings. The van der Waals surface area contributed by atoms with Gasteiger partial charge in [0.15, 0.2) is 0 Å². The molecule has 1 rings (SSSR count). The third kappa shape index (κ3) is 1.34. The van der Waals surface area contributed by atoms with Crippen LogP contribution in [0, 0.1) is 0 Å².